The van der Waals surface area contributed by atoms with E-state index in [0.717, 1.165) is 27.6 Å². The molecular formula is C17H13N3OS3. The predicted octanol–water partition coefficient (Wildman–Crippen LogP) is 5.52. The zero-order chi connectivity index (χ0) is 16.4. The molecule has 0 radical (unpaired) electrons. The van der Waals surface area contributed by atoms with Crippen molar-refractivity contribution in [3.8, 4) is 22.0 Å². The Morgan fingerprint density at radius 2 is 2.04 bits per heavy atom. The highest BCUT2D eigenvalue weighted by Crippen LogP contribution is 2.30. The van der Waals surface area contributed by atoms with Crippen LogP contribution in [0.1, 0.15) is 11.3 Å². The molecule has 0 aliphatic carbocycles. The maximum absolute atomic E-state index is 5.77. The number of hydrogen-bond donors (Lipinski definition) is 0. The summed E-state index contributed by atoms with van der Waals surface area (Å²) in [7, 11) is 0. The van der Waals surface area contributed by atoms with Gasteiger partial charge in [-0.3, -0.25) is 0 Å². The van der Waals surface area contributed by atoms with E-state index in [1.165, 1.54) is 17.3 Å². The topological polar surface area (TPSA) is 51.8 Å². The van der Waals surface area contributed by atoms with E-state index in [-0.39, 0.29) is 0 Å². The van der Waals surface area contributed by atoms with Crippen molar-refractivity contribution in [3.63, 3.8) is 0 Å². The van der Waals surface area contributed by atoms with Crippen molar-refractivity contribution in [3.05, 3.63) is 57.7 Å². The van der Waals surface area contributed by atoms with Gasteiger partial charge in [-0.05, 0) is 30.0 Å². The van der Waals surface area contributed by atoms with Crippen LogP contribution >= 0.6 is 34.4 Å². The second-order valence-corrected chi connectivity index (χ2v) is 7.70. The van der Waals surface area contributed by atoms with Crippen LogP contribution in [0.5, 0.6) is 0 Å². The molecule has 0 amide bonds. The van der Waals surface area contributed by atoms with E-state index >= 15 is 0 Å². The van der Waals surface area contributed by atoms with Gasteiger partial charge in [0.15, 0.2) is 0 Å². The lowest BCUT2D eigenvalue weighted by molar-refractivity contribution is 0.465. The molecule has 0 spiro atoms. The molecule has 1 aromatic carbocycles. The summed E-state index contributed by atoms with van der Waals surface area (Å²) in [6, 6.07) is 10.1. The number of hydrogen-bond acceptors (Lipinski definition) is 7. The molecule has 0 atom stereocenters. The third-order valence-electron chi connectivity index (χ3n) is 3.45. The van der Waals surface area contributed by atoms with Crippen LogP contribution in [0.3, 0.4) is 0 Å². The lowest BCUT2D eigenvalue weighted by Crippen LogP contribution is -1.81. The molecule has 0 saturated heterocycles. The Morgan fingerprint density at radius 1 is 1.12 bits per heavy atom. The number of aryl methyl sites for hydroxylation is 1. The second kappa shape index (κ2) is 6.88. The summed E-state index contributed by atoms with van der Waals surface area (Å²) >= 11 is 4.86. The van der Waals surface area contributed by atoms with Crippen molar-refractivity contribution >= 4 is 34.4 Å². The van der Waals surface area contributed by atoms with Crippen molar-refractivity contribution < 1.29 is 4.42 Å². The zero-order valence-electron chi connectivity index (χ0n) is 12.8. The minimum Gasteiger partial charge on any atom is -0.411 e. The van der Waals surface area contributed by atoms with Crippen molar-refractivity contribution in [2.45, 2.75) is 17.9 Å². The molecule has 0 aliphatic heterocycles. The van der Waals surface area contributed by atoms with E-state index in [2.05, 4.69) is 37.4 Å². The van der Waals surface area contributed by atoms with Crippen molar-refractivity contribution in [1.82, 2.24) is 15.2 Å². The lowest BCUT2D eigenvalue weighted by atomic mass is 10.1. The number of benzene rings is 1. The van der Waals surface area contributed by atoms with Crippen LogP contribution in [0.15, 0.2) is 56.1 Å². The van der Waals surface area contributed by atoms with Gasteiger partial charge in [-0.1, -0.05) is 30.0 Å². The Morgan fingerprint density at radius 3 is 2.88 bits per heavy atom. The molecule has 120 valence electrons. The number of thioether (sulfide) groups is 1. The normalized spacial score (nSPS) is 11.0. The van der Waals surface area contributed by atoms with Crippen LogP contribution < -0.4 is 0 Å². The molecule has 0 saturated carbocycles. The minimum atomic E-state index is 0.563. The first kappa shape index (κ1) is 15.6. The molecular weight excluding hydrogens is 358 g/mol. The third-order valence-corrected chi connectivity index (χ3v) is 5.92. The van der Waals surface area contributed by atoms with E-state index < -0.39 is 0 Å². The van der Waals surface area contributed by atoms with Crippen LogP contribution in [0.2, 0.25) is 0 Å². The van der Waals surface area contributed by atoms with Gasteiger partial charge in [0.1, 0.15) is 5.01 Å². The highest BCUT2D eigenvalue weighted by molar-refractivity contribution is 7.98. The smallest absolute Gasteiger partial charge is 0.277 e. The number of aromatic nitrogens is 3. The summed E-state index contributed by atoms with van der Waals surface area (Å²) < 4.78 is 5.77. The summed E-state index contributed by atoms with van der Waals surface area (Å²) in [5.41, 5.74) is 4.31. The predicted molar refractivity (Wildman–Crippen MR) is 99.5 cm³/mol. The number of thiazole rings is 1. The van der Waals surface area contributed by atoms with E-state index in [1.807, 2.05) is 31.2 Å². The quantitative estimate of drug-likeness (QED) is 0.432. The highest BCUT2D eigenvalue weighted by Gasteiger charge is 2.12. The van der Waals surface area contributed by atoms with Gasteiger partial charge in [-0.15, -0.1) is 21.5 Å². The Bertz CT molecular complexity index is 944. The highest BCUT2D eigenvalue weighted by atomic mass is 32.2. The van der Waals surface area contributed by atoms with Crippen LogP contribution in [-0.4, -0.2) is 15.2 Å². The summed E-state index contributed by atoms with van der Waals surface area (Å²) in [5.74, 6) is 1.28. The summed E-state index contributed by atoms with van der Waals surface area (Å²) in [6.07, 6.45) is 0. The standard InChI is InChI=1S/C17H13N3OS3/c1-11-4-2-3-5-14(11)15-19-20-17(21-15)24-10-13-9-23-16(18-13)12-6-7-22-8-12/h2-9H,10H2,1H3. The lowest BCUT2D eigenvalue weighted by Gasteiger charge is -1.98. The Hall–Kier alpha value is -1.96. The molecule has 0 bridgehead atoms. The van der Waals surface area contributed by atoms with Gasteiger partial charge in [0.05, 0.1) is 5.69 Å². The largest absolute Gasteiger partial charge is 0.411 e. The van der Waals surface area contributed by atoms with Crippen LogP contribution in [0.25, 0.3) is 22.0 Å². The Labute approximate surface area is 151 Å². The fraction of sp³-hybridized carbons (Fsp3) is 0.118. The van der Waals surface area contributed by atoms with Crippen molar-refractivity contribution in [1.29, 1.82) is 0 Å². The monoisotopic (exact) mass is 371 g/mol. The zero-order valence-corrected chi connectivity index (χ0v) is 15.3. The van der Waals surface area contributed by atoms with Gasteiger partial charge in [-0.25, -0.2) is 4.98 Å². The van der Waals surface area contributed by atoms with E-state index in [4.69, 9.17) is 4.42 Å². The maximum Gasteiger partial charge on any atom is 0.277 e. The molecule has 4 rings (SSSR count). The minimum absolute atomic E-state index is 0.563. The fourth-order valence-corrected chi connectivity index (χ4v) is 4.51. The van der Waals surface area contributed by atoms with Gasteiger partial charge in [-0.2, -0.15) is 11.3 Å². The molecule has 24 heavy (non-hydrogen) atoms. The molecule has 3 heterocycles. The first-order chi connectivity index (χ1) is 11.8. The average molecular weight is 372 g/mol. The molecule has 3 aromatic heterocycles. The molecule has 0 N–H and O–H groups in total. The SMILES string of the molecule is Cc1ccccc1-c1nnc(SCc2csc(-c3ccsc3)n2)o1. The molecule has 0 fully saturated rings. The van der Waals surface area contributed by atoms with Crippen molar-refractivity contribution in [2.24, 2.45) is 0 Å². The van der Waals surface area contributed by atoms with Gasteiger partial charge in [0.2, 0.25) is 5.89 Å². The first-order valence-corrected chi connectivity index (χ1v) is 10.1. The van der Waals surface area contributed by atoms with Crippen LogP contribution in [0, 0.1) is 6.92 Å². The Kier molecular flexibility index (Phi) is 4.46. The van der Waals surface area contributed by atoms with Crippen LogP contribution in [-0.2, 0) is 5.75 Å². The van der Waals surface area contributed by atoms with Gasteiger partial charge >= 0.3 is 0 Å². The van der Waals surface area contributed by atoms with Crippen LogP contribution in [0.4, 0.5) is 0 Å². The number of rotatable bonds is 5. The van der Waals surface area contributed by atoms with E-state index in [1.54, 1.807) is 22.7 Å². The number of nitrogens with zero attached hydrogens (tertiary/aromatic N) is 3. The molecule has 7 heteroatoms. The van der Waals surface area contributed by atoms with E-state index in [9.17, 15) is 0 Å². The molecule has 4 nitrogen and oxygen atoms in total. The summed E-state index contributed by atoms with van der Waals surface area (Å²) in [5, 5.41) is 16.2. The van der Waals surface area contributed by atoms with Gasteiger partial charge < -0.3 is 4.42 Å². The fourth-order valence-electron chi connectivity index (χ4n) is 2.22. The summed E-state index contributed by atoms with van der Waals surface area (Å²) in [6.45, 7) is 2.04. The third kappa shape index (κ3) is 3.28. The molecule has 0 unspecified atom stereocenters. The first-order valence-electron chi connectivity index (χ1n) is 7.29. The number of thiophene rings is 1. The maximum atomic E-state index is 5.77. The summed E-state index contributed by atoms with van der Waals surface area (Å²) in [4.78, 5) is 4.66. The Balaban J connectivity index is 1.45. The van der Waals surface area contributed by atoms with Gasteiger partial charge in [0.25, 0.3) is 5.22 Å². The molecule has 4 aromatic rings. The van der Waals surface area contributed by atoms with E-state index in [0.29, 0.717) is 11.1 Å². The van der Waals surface area contributed by atoms with Gasteiger partial charge in [0, 0.05) is 27.6 Å². The van der Waals surface area contributed by atoms with Crippen molar-refractivity contribution in [2.75, 3.05) is 0 Å². The average Bonchev–Trinajstić information content (AvgIpc) is 3.34. The second-order valence-electron chi connectivity index (χ2n) is 5.13. The molecule has 0 aliphatic rings.